The second-order valence-corrected chi connectivity index (χ2v) is 7.74. The fraction of sp³-hybridized carbons (Fsp3) is 0.348. The van der Waals surface area contributed by atoms with Gasteiger partial charge in [-0.15, -0.1) is 0 Å². The summed E-state index contributed by atoms with van der Waals surface area (Å²) < 4.78 is 0. The van der Waals surface area contributed by atoms with E-state index in [2.05, 4.69) is 9.88 Å². The van der Waals surface area contributed by atoms with Crippen molar-refractivity contribution in [3.63, 3.8) is 0 Å². The van der Waals surface area contributed by atoms with Crippen molar-refractivity contribution in [1.82, 2.24) is 14.8 Å². The smallest absolute Gasteiger partial charge is 0.280 e. The molecule has 2 aliphatic rings. The average Bonchev–Trinajstić information content (AvgIpc) is 3.04. The molecule has 0 saturated carbocycles. The Morgan fingerprint density at radius 1 is 0.968 bits per heavy atom. The fourth-order valence-corrected chi connectivity index (χ4v) is 3.98. The van der Waals surface area contributed by atoms with Gasteiger partial charge >= 0.3 is 0 Å². The number of carbonyl (C=O) groups is 4. The van der Waals surface area contributed by atoms with E-state index in [-0.39, 0.29) is 36.3 Å². The van der Waals surface area contributed by atoms with Crippen LogP contribution in [0.15, 0.2) is 42.6 Å². The minimum Gasteiger partial charge on any atom is -0.368 e. The van der Waals surface area contributed by atoms with Crippen molar-refractivity contribution in [3.8, 4) is 0 Å². The highest BCUT2D eigenvalue weighted by molar-refractivity contribution is 6.20. The van der Waals surface area contributed by atoms with Crippen molar-refractivity contribution in [1.29, 1.82) is 0 Å². The summed E-state index contributed by atoms with van der Waals surface area (Å²) >= 11 is 0. The summed E-state index contributed by atoms with van der Waals surface area (Å²) in [7, 11) is 0. The molecule has 0 unspecified atom stereocenters. The van der Waals surface area contributed by atoms with E-state index in [0.717, 1.165) is 18.8 Å². The van der Waals surface area contributed by atoms with Crippen LogP contribution in [0, 0.1) is 0 Å². The summed E-state index contributed by atoms with van der Waals surface area (Å²) in [6.45, 7) is 4.42. The summed E-state index contributed by atoms with van der Waals surface area (Å²) in [4.78, 5) is 57.9. The normalized spacial score (nSPS) is 16.0. The molecular formula is C23H24N4O4. The van der Waals surface area contributed by atoms with Crippen LogP contribution in [-0.2, 0) is 4.79 Å². The molecule has 1 fully saturated rings. The van der Waals surface area contributed by atoms with E-state index in [0.29, 0.717) is 30.6 Å². The number of anilines is 1. The Kier molecular flexibility index (Phi) is 5.79. The zero-order valence-corrected chi connectivity index (χ0v) is 17.4. The first-order valence-electron chi connectivity index (χ1n) is 10.4. The number of piperazine rings is 1. The number of pyridine rings is 1. The van der Waals surface area contributed by atoms with Gasteiger partial charge in [0.05, 0.1) is 5.56 Å². The monoisotopic (exact) mass is 420 g/mol. The van der Waals surface area contributed by atoms with Crippen LogP contribution in [0.25, 0.3) is 0 Å². The number of aromatic nitrogens is 1. The third-order valence-corrected chi connectivity index (χ3v) is 5.77. The summed E-state index contributed by atoms with van der Waals surface area (Å²) in [5, 5.41) is 0. The number of hydrogen-bond donors (Lipinski definition) is 0. The molecule has 4 rings (SSSR count). The number of carbonyl (C=O) groups excluding carboxylic acids is 4. The Labute approximate surface area is 180 Å². The molecule has 0 radical (unpaired) electrons. The lowest BCUT2D eigenvalue weighted by molar-refractivity contribution is -0.131. The summed E-state index contributed by atoms with van der Waals surface area (Å²) in [5.41, 5.74) is 2.24. The molecule has 1 saturated heterocycles. The maximum absolute atomic E-state index is 12.6. The lowest BCUT2D eigenvalue weighted by Crippen LogP contribution is -2.48. The van der Waals surface area contributed by atoms with Gasteiger partial charge in [-0.25, -0.2) is 0 Å². The van der Waals surface area contributed by atoms with Gasteiger partial charge in [0.25, 0.3) is 11.8 Å². The van der Waals surface area contributed by atoms with Gasteiger partial charge in [-0.05, 0) is 49.7 Å². The van der Waals surface area contributed by atoms with Gasteiger partial charge in [0.1, 0.15) is 5.69 Å². The second-order valence-electron chi connectivity index (χ2n) is 7.74. The Hall–Kier alpha value is -3.55. The Balaban J connectivity index is 1.24. The van der Waals surface area contributed by atoms with Gasteiger partial charge in [0, 0.05) is 56.6 Å². The number of nitrogens with zero attached hydrogens (tertiary/aromatic N) is 4. The maximum Gasteiger partial charge on any atom is 0.280 e. The predicted octanol–water partition coefficient (Wildman–Crippen LogP) is 2.01. The van der Waals surface area contributed by atoms with E-state index in [1.807, 2.05) is 29.2 Å². The van der Waals surface area contributed by atoms with E-state index in [9.17, 15) is 19.2 Å². The highest BCUT2D eigenvalue weighted by Gasteiger charge is 2.36. The topological polar surface area (TPSA) is 90.9 Å². The third-order valence-electron chi connectivity index (χ3n) is 5.77. The van der Waals surface area contributed by atoms with E-state index in [1.54, 1.807) is 19.1 Å². The van der Waals surface area contributed by atoms with Crippen molar-refractivity contribution >= 4 is 29.2 Å². The third kappa shape index (κ3) is 4.19. The number of rotatable bonds is 6. The number of benzene rings is 1. The molecule has 2 aliphatic heterocycles. The maximum atomic E-state index is 12.6. The van der Waals surface area contributed by atoms with Gasteiger partial charge in [-0.2, -0.15) is 0 Å². The highest BCUT2D eigenvalue weighted by Crippen LogP contribution is 2.21. The molecule has 2 aromatic rings. The van der Waals surface area contributed by atoms with Crippen molar-refractivity contribution < 1.29 is 19.2 Å². The quantitative estimate of drug-likeness (QED) is 0.525. The second kappa shape index (κ2) is 8.67. The molecule has 8 heteroatoms. The van der Waals surface area contributed by atoms with E-state index >= 15 is 0 Å². The van der Waals surface area contributed by atoms with Crippen molar-refractivity contribution in [2.24, 2.45) is 0 Å². The molecule has 1 aromatic carbocycles. The minimum absolute atomic E-state index is 0.0290. The van der Waals surface area contributed by atoms with Crippen LogP contribution in [0.2, 0.25) is 0 Å². The van der Waals surface area contributed by atoms with Gasteiger partial charge < -0.3 is 9.80 Å². The van der Waals surface area contributed by atoms with Crippen LogP contribution < -0.4 is 4.90 Å². The van der Waals surface area contributed by atoms with E-state index in [1.165, 1.54) is 11.1 Å². The Morgan fingerprint density at radius 3 is 2.32 bits per heavy atom. The molecule has 8 nitrogen and oxygen atoms in total. The van der Waals surface area contributed by atoms with Gasteiger partial charge in [0.2, 0.25) is 5.91 Å². The molecular weight excluding hydrogens is 396 g/mol. The first-order valence-corrected chi connectivity index (χ1v) is 10.4. The first-order chi connectivity index (χ1) is 15.0. The van der Waals surface area contributed by atoms with Crippen LogP contribution in [0.4, 0.5) is 5.69 Å². The summed E-state index contributed by atoms with van der Waals surface area (Å²) in [6, 6.07) is 10.7. The predicted molar refractivity (Wildman–Crippen MR) is 114 cm³/mol. The lowest BCUT2D eigenvalue weighted by Gasteiger charge is -2.36. The van der Waals surface area contributed by atoms with Crippen molar-refractivity contribution in [3.05, 3.63) is 59.4 Å². The zero-order chi connectivity index (χ0) is 22.0. The van der Waals surface area contributed by atoms with Gasteiger partial charge in [0.15, 0.2) is 5.78 Å². The molecule has 31 heavy (non-hydrogen) atoms. The number of hydrogen-bond acceptors (Lipinski definition) is 6. The van der Waals surface area contributed by atoms with Crippen LogP contribution in [-0.4, -0.2) is 71.0 Å². The molecule has 0 aliphatic carbocycles. The Bertz CT molecular complexity index is 991. The van der Waals surface area contributed by atoms with E-state index in [4.69, 9.17) is 0 Å². The standard InChI is InChI=1S/C23H24N4O4/c1-16(28)17-6-8-18(9-7-17)25-12-14-26(15-13-25)20(29)5-3-11-27-22(30)19-4-2-10-24-21(19)23(27)31/h2,4,6-10H,3,5,11-15H2,1H3. The molecule has 0 bridgehead atoms. The minimum atomic E-state index is -0.391. The number of Topliss-reactive ketones (excluding diaryl/α,β-unsaturated/α-hetero) is 1. The number of fused-ring (bicyclic) bond motifs is 1. The zero-order valence-electron chi connectivity index (χ0n) is 17.4. The van der Waals surface area contributed by atoms with Gasteiger partial charge in [-0.1, -0.05) is 0 Å². The highest BCUT2D eigenvalue weighted by atomic mass is 16.2. The van der Waals surface area contributed by atoms with Crippen LogP contribution in [0.1, 0.15) is 51.0 Å². The SMILES string of the molecule is CC(=O)c1ccc(N2CCN(C(=O)CCCN3C(=O)c4cccnc4C3=O)CC2)cc1. The average molecular weight is 420 g/mol. The van der Waals surface area contributed by atoms with Crippen LogP contribution >= 0.6 is 0 Å². The number of imide groups is 1. The molecule has 3 heterocycles. The molecule has 3 amide bonds. The molecule has 1 aromatic heterocycles. The number of ketones is 1. The summed E-state index contributed by atoms with van der Waals surface area (Å²) in [5.74, 6) is -0.664. The molecule has 0 atom stereocenters. The lowest BCUT2D eigenvalue weighted by atomic mass is 10.1. The Morgan fingerprint density at radius 2 is 1.68 bits per heavy atom. The summed E-state index contributed by atoms with van der Waals surface area (Å²) in [6.07, 6.45) is 2.21. The van der Waals surface area contributed by atoms with Crippen LogP contribution in [0.3, 0.4) is 0 Å². The van der Waals surface area contributed by atoms with Crippen LogP contribution in [0.5, 0.6) is 0 Å². The number of amides is 3. The van der Waals surface area contributed by atoms with Crippen molar-refractivity contribution in [2.75, 3.05) is 37.6 Å². The largest absolute Gasteiger partial charge is 0.368 e. The van der Waals surface area contributed by atoms with E-state index < -0.39 is 5.91 Å². The first kappa shape index (κ1) is 20.7. The molecule has 0 spiro atoms. The van der Waals surface area contributed by atoms with Gasteiger partial charge in [-0.3, -0.25) is 29.1 Å². The van der Waals surface area contributed by atoms with Crippen molar-refractivity contribution in [2.45, 2.75) is 19.8 Å². The molecule has 0 N–H and O–H groups in total. The molecule has 160 valence electrons. The fourth-order valence-electron chi connectivity index (χ4n) is 3.98.